The van der Waals surface area contributed by atoms with Gasteiger partial charge >= 0.3 is 0 Å². The minimum atomic E-state index is -0.179. The predicted octanol–water partition coefficient (Wildman–Crippen LogP) is 2.93. The van der Waals surface area contributed by atoms with E-state index in [1.807, 2.05) is 31.3 Å². The van der Waals surface area contributed by atoms with Crippen LogP contribution in [0.2, 0.25) is 0 Å². The van der Waals surface area contributed by atoms with E-state index in [9.17, 15) is 9.59 Å². The number of hydrogen-bond acceptors (Lipinski definition) is 3. The Morgan fingerprint density at radius 2 is 1.96 bits per heavy atom. The van der Waals surface area contributed by atoms with Crippen LogP contribution in [0.15, 0.2) is 59.7 Å². The van der Waals surface area contributed by atoms with E-state index < -0.39 is 0 Å². The molecule has 0 unspecified atom stereocenters. The number of fused-ring (bicyclic) bond motifs is 2. The highest BCUT2D eigenvalue weighted by atomic mass is 16.2. The Morgan fingerprint density at radius 3 is 2.85 bits per heavy atom. The molecule has 1 heterocycles. The van der Waals surface area contributed by atoms with E-state index in [0.29, 0.717) is 10.9 Å². The molecule has 1 aromatic heterocycles. The second-order valence-corrected chi connectivity index (χ2v) is 6.81. The van der Waals surface area contributed by atoms with Crippen LogP contribution in [0.5, 0.6) is 0 Å². The first-order valence-corrected chi connectivity index (χ1v) is 8.93. The third kappa shape index (κ3) is 2.90. The van der Waals surface area contributed by atoms with Crippen molar-refractivity contribution in [2.75, 3.05) is 7.05 Å². The zero-order chi connectivity index (χ0) is 18.1. The van der Waals surface area contributed by atoms with Gasteiger partial charge in [0.25, 0.3) is 5.56 Å². The van der Waals surface area contributed by atoms with Gasteiger partial charge in [0.15, 0.2) is 0 Å². The van der Waals surface area contributed by atoms with Gasteiger partial charge in [-0.25, -0.2) is 4.98 Å². The number of likely N-dealkylation sites (N-methyl/N-ethyl adjacent to an activating group) is 1. The first-order chi connectivity index (χ1) is 12.6. The van der Waals surface area contributed by atoms with Crippen molar-refractivity contribution in [1.82, 2.24) is 14.5 Å². The number of aromatic nitrogens is 2. The lowest BCUT2D eigenvalue weighted by atomic mass is 9.87. The molecule has 5 heteroatoms. The molecule has 1 amide bonds. The van der Waals surface area contributed by atoms with Crippen molar-refractivity contribution in [3.05, 3.63) is 76.3 Å². The van der Waals surface area contributed by atoms with Gasteiger partial charge in [0, 0.05) is 7.05 Å². The number of para-hydroxylation sites is 1. The molecule has 0 aliphatic heterocycles. The van der Waals surface area contributed by atoms with Gasteiger partial charge in [0.2, 0.25) is 5.91 Å². The van der Waals surface area contributed by atoms with Crippen molar-refractivity contribution in [3.8, 4) is 0 Å². The highest BCUT2D eigenvalue weighted by Crippen LogP contribution is 2.33. The van der Waals surface area contributed by atoms with E-state index in [1.165, 1.54) is 22.0 Å². The zero-order valence-electron chi connectivity index (χ0n) is 14.8. The van der Waals surface area contributed by atoms with Crippen LogP contribution in [-0.2, 0) is 17.8 Å². The third-order valence-corrected chi connectivity index (χ3v) is 5.24. The van der Waals surface area contributed by atoms with Crippen LogP contribution in [0.25, 0.3) is 10.9 Å². The summed E-state index contributed by atoms with van der Waals surface area (Å²) in [6.45, 7) is 0.00579. The molecule has 1 aliphatic carbocycles. The van der Waals surface area contributed by atoms with Crippen molar-refractivity contribution in [2.45, 2.75) is 31.8 Å². The van der Waals surface area contributed by atoms with Crippen LogP contribution in [0, 0.1) is 0 Å². The quantitative estimate of drug-likeness (QED) is 0.732. The first-order valence-electron chi connectivity index (χ1n) is 8.93. The summed E-state index contributed by atoms with van der Waals surface area (Å²) in [4.78, 5) is 31.5. The van der Waals surface area contributed by atoms with Crippen LogP contribution in [0.3, 0.4) is 0 Å². The summed E-state index contributed by atoms with van der Waals surface area (Å²) in [6, 6.07) is 15.6. The minimum Gasteiger partial charge on any atom is -0.337 e. The average Bonchev–Trinajstić information content (AvgIpc) is 2.69. The molecule has 0 spiro atoms. The van der Waals surface area contributed by atoms with E-state index >= 15 is 0 Å². The summed E-state index contributed by atoms with van der Waals surface area (Å²) in [5.41, 5.74) is 3.00. The number of benzene rings is 2. The Bertz CT molecular complexity index is 1020. The lowest BCUT2D eigenvalue weighted by Crippen LogP contribution is -2.37. The van der Waals surface area contributed by atoms with E-state index in [2.05, 4.69) is 17.1 Å². The summed E-state index contributed by atoms with van der Waals surface area (Å²) in [5.74, 6) is -0.0779. The van der Waals surface area contributed by atoms with Gasteiger partial charge in [-0.2, -0.15) is 0 Å². The van der Waals surface area contributed by atoms with Gasteiger partial charge in [0.05, 0.1) is 23.3 Å². The summed E-state index contributed by atoms with van der Waals surface area (Å²) in [5, 5.41) is 0.536. The lowest BCUT2D eigenvalue weighted by molar-refractivity contribution is -0.133. The van der Waals surface area contributed by atoms with E-state index in [-0.39, 0.29) is 24.1 Å². The molecule has 5 nitrogen and oxygen atoms in total. The fraction of sp³-hybridized carbons (Fsp3) is 0.286. The molecule has 1 aliphatic rings. The fourth-order valence-electron chi connectivity index (χ4n) is 3.78. The van der Waals surface area contributed by atoms with Gasteiger partial charge < -0.3 is 4.90 Å². The molecule has 3 aromatic rings. The van der Waals surface area contributed by atoms with Gasteiger partial charge in [-0.05, 0) is 42.5 Å². The Kier molecular flexibility index (Phi) is 4.29. The second kappa shape index (κ2) is 6.75. The monoisotopic (exact) mass is 347 g/mol. The summed E-state index contributed by atoms with van der Waals surface area (Å²) in [7, 11) is 1.83. The highest BCUT2D eigenvalue weighted by molar-refractivity contribution is 5.79. The van der Waals surface area contributed by atoms with Gasteiger partial charge in [-0.15, -0.1) is 0 Å². The molecular weight excluding hydrogens is 326 g/mol. The number of nitrogens with zero attached hydrogens (tertiary/aromatic N) is 3. The molecule has 0 N–H and O–H groups in total. The maximum absolute atomic E-state index is 12.8. The maximum Gasteiger partial charge on any atom is 0.261 e. The standard InChI is InChI=1S/C21H21N3O2/c1-23(19-12-6-8-15-7-2-3-9-16(15)19)20(25)13-24-14-22-18-11-5-4-10-17(18)21(24)26/h2-5,7,9-11,14,19H,6,8,12-13H2,1H3/t19-/m0/s1. The Labute approximate surface area is 151 Å². The summed E-state index contributed by atoms with van der Waals surface area (Å²) >= 11 is 0. The SMILES string of the molecule is CN(C(=O)Cn1cnc2ccccc2c1=O)[C@H]1CCCc2ccccc21. The van der Waals surface area contributed by atoms with Crippen LogP contribution >= 0.6 is 0 Å². The number of hydrogen-bond donors (Lipinski definition) is 0. The molecule has 0 radical (unpaired) electrons. The molecule has 2 aromatic carbocycles. The number of aryl methyl sites for hydroxylation is 1. The number of carbonyl (C=O) groups is 1. The molecule has 0 saturated heterocycles. The van der Waals surface area contributed by atoms with Crippen molar-refractivity contribution in [3.63, 3.8) is 0 Å². The van der Waals surface area contributed by atoms with Gasteiger partial charge in [-0.1, -0.05) is 36.4 Å². The van der Waals surface area contributed by atoms with Crippen molar-refractivity contribution >= 4 is 16.8 Å². The van der Waals surface area contributed by atoms with Crippen LogP contribution in [-0.4, -0.2) is 27.4 Å². The smallest absolute Gasteiger partial charge is 0.261 e. The molecular formula is C21H21N3O2. The molecule has 132 valence electrons. The van der Waals surface area contributed by atoms with Crippen LogP contribution in [0.1, 0.15) is 30.0 Å². The lowest BCUT2D eigenvalue weighted by Gasteiger charge is -2.33. The average molecular weight is 347 g/mol. The highest BCUT2D eigenvalue weighted by Gasteiger charge is 2.26. The second-order valence-electron chi connectivity index (χ2n) is 6.81. The number of carbonyl (C=O) groups excluding carboxylic acids is 1. The molecule has 4 rings (SSSR count). The Balaban J connectivity index is 1.59. The minimum absolute atomic E-state index is 0.00579. The fourth-order valence-corrected chi connectivity index (χ4v) is 3.78. The predicted molar refractivity (Wildman–Crippen MR) is 101 cm³/mol. The van der Waals surface area contributed by atoms with Crippen molar-refractivity contribution in [1.29, 1.82) is 0 Å². The third-order valence-electron chi connectivity index (χ3n) is 5.24. The molecule has 0 saturated carbocycles. The van der Waals surface area contributed by atoms with Crippen molar-refractivity contribution in [2.24, 2.45) is 0 Å². The molecule has 0 bridgehead atoms. The van der Waals surface area contributed by atoms with E-state index in [1.54, 1.807) is 17.0 Å². The Hall–Kier alpha value is -2.95. The van der Waals surface area contributed by atoms with Crippen LogP contribution < -0.4 is 5.56 Å². The first kappa shape index (κ1) is 16.5. The zero-order valence-corrected chi connectivity index (χ0v) is 14.8. The van der Waals surface area contributed by atoms with Gasteiger partial charge in [-0.3, -0.25) is 14.2 Å². The summed E-state index contributed by atoms with van der Waals surface area (Å²) in [6.07, 6.45) is 4.54. The van der Waals surface area contributed by atoms with E-state index in [0.717, 1.165) is 19.3 Å². The maximum atomic E-state index is 12.8. The van der Waals surface area contributed by atoms with Crippen LogP contribution in [0.4, 0.5) is 0 Å². The number of amides is 1. The summed E-state index contributed by atoms with van der Waals surface area (Å²) < 4.78 is 1.40. The van der Waals surface area contributed by atoms with Crippen molar-refractivity contribution < 1.29 is 4.79 Å². The van der Waals surface area contributed by atoms with E-state index in [4.69, 9.17) is 0 Å². The molecule has 26 heavy (non-hydrogen) atoms. The molecule has 0 fully saturated rings. The molecule has 1 atom stereocenters. The van der Waals surface area contributed by atoms with Gasteiger partial charge in [0.1, 0.15) is 6.54 Å². The number of rotatable bonds is 3. The largest absolute Gasteiger partial charge is 0.337 e. The Morgan fingerprint density at radius 1 is 1.19 bits per heavy atom. The topological polar surface area (TPSA) is 55.2 Å². The normalized spacial score (nSPS) is 16.3.